The summed E-state index contributed by atoms with van der Waals surface area (Å²) < 4.78 is 54.5. The molecule has 4 nitrogen and oxygen atoms in total. The van der Waals surface area contributed by atoms with Crippen LogP contribution in [0.5, 0.6) is 5.75 Å². The maximum Gasteiger partial charge on any atom is 0.162 e. The Labute approximate surface area is 188 Å². The maximum atomic E-state index is 12.6. The SMILES string of the molecule is CC(=O)c1ccc(F)c(F)c1.CC(=O)c1ccc(F)cc1F.COc1ccc(C(C)=O)cc1. The lowest BCUT2D eigenvalue weighted by atomic mass is 10.1. The number of carbonyl (C=O) groups is 3. The number of hydrogen-bond donors (Lipinski definition) is 0. The number of Topliss-reactive ketones (excluding diaryl/α,β-unsaturated/α-hetero) is 3. The van der Waals surface area contributed by atoms with Crippen molar-refractivity contribution in [3.8, 4) is 5.75 Å². The fourth-order valence-corrected chi connectivity index (χ4v) is 2.32. The lowest BCUT2D eigenvalue weighted by Crippen LogP contribution is -1.96. The van der Waals surface area contributed by atoms with E-state index in [0.29, 0.717) is 11.6 Å². The Kier molecular flexibility index (Phi) is 10.6. The first-order chi connectivity index (χ1) is 15.5. The van der Waals surface area contributed by atoms with Crippen molar-refractivity contribution in [3.05, 3.63) is 101 Å². The van der Waals surface area contributed by atoms with Gasteiger partial charge in [-0.1, -0.05) is 0 Å². The summed E-state index contributed by atoms with van der Waals surface area (Å²) in [6.07, 6.45) is 0. The highest BCUT2D eigenvalue weighted by molar-refractivity contribution is 5.95. The van der Waals surface area contributed by atoms with Crippen LogP contribution >= 0.6 is 0 Å². The minimum atomic E-state index is -0.988. The van der Waals surface area contributed by atoms with Crippen LogP contribution in [0.15, 0.2) is 60.7 Å². The number of halogens is 4. The molecule has 0 heterocycles. The molecule has 0 N–H and O–H groups in total. The van der Waals surface area contributed by atoms with Gasteiger partial charge in [0.25, 0.3) is 0 Å². The first-order valence-corrected chi connectivity index (χ1v) is 9.53. The zero-order chi connectivity index (χ0) is 25.1. The van der Waals surface area contributed by atoms with Crippen LogP contribution in [0.25, 0.3) is 0 Å². The molecule has 0 radical (unpaired) electrons. The van der Waals surface area contributed by atoms with Crippen molar-refractivity contribution in [1.29, 1.82) is 0 Å². The van der Waals surface area contributed by atoms with Gasteiger partial charge in [0.1, 0.15) is 17.4 Å². The number of rotatable bonds is 4. The molecule has 0 atom stereocenters. The van der Waals surface area contributed by atoms with E-state index < -0.39 is 29.1 Å². The van der Waals surface area contributed by atoms with Crippen LogP contribution < -0.4 is 4.74 Å². The van der Waals surface area contributed by atoms with Gasteiger partial charge >= 0.3 is 0 Å². The van der Waals surface area contributed by atoms with E-state index in [-0.39, 0.29) is 22.7 Å². The van der Waals surface area contributed by atoms with Crippen LogP contribution in [0.1, 0.15) is 51.8 Å². The molecule has 0 aliphatic heterocycles. The molecule has 0 saturated carbocycles. The summed E-state index contributed by atoms with van der Waals surface area (Å²) in [7, 11) is 1.60. The summed E-state index contributed by atoms with van der Waals surface area (Å²) in [4.78, 5) is 32.0. The maximum absolute atomic E-state index is 12.6. The molecular formula is C25H22F4O4. The van der Waals surface area contributed by atoms with Crippen LogP contribution in [0, 0.1) is 23.3 Å². The molecule has 0 aromatic heterocycles. The van der Waals surface area contributed by atoms with Crippen molar-refractivity contribution in [2.45, 2.75) is 20.8 Å². The smallest absolute Gasteiger partial charge is 0.162 e. The van der Waals surface area contributed by atoms with E-state index in [1.807, 2.05) is 0 Å². The van der Waals surface area contributed by atoms with Crippen LogP contribution in [0.4, 0.5) is 17.6 Å². The molecule has 3 aromatic carbocycles. The van der Waals surface area contributed by atoms with E-state index in [1.54, 1.807) is 38.3 Å². The second kappa shape index (κ2) is 12.9. The first-order valence-electron chi connectivity index (χ1n) is 9.53. The number of carbonyl (C=O) groups excluding carboxylic acids is 3. The topological polar surface area (TPSA) is 60.4 Å². The largest absolute Gasteiger partial charge is 0.497 e. The van der Waals surface area contributed by atoms with E-state index >= 15 is 0 Å². The highest BCUT2D eigenvalue weighted by Gasteiger charge is 2.07. The molecular weight excluding hydrogens is 440 g/mol. The summed E-state index contributed by atoms with van der Waals surface area (Å²) >= 11 is 0. The Morgan fingerprint density at radius 3 is 1.58 bits per heavy atom. The minimum Gasteiger partial charge on any atom is -0.497 e. The van der Waals surface area contributed by atoms with Gasteiger partial charge in [-0.25, -0.2) is 17.6 Å². The summed E-state index contributed by atoms with van der Waals surface area (Å²) in [5.41, 5.74) is 0.820. The quantitative estimate of drug-likeness (QED) is 0.341. The van der Waals surface area contributed by atoms with Crippen LogP contribution in [0.3, 0.4) is 0 Å². The lowest BCUT2D eigenvalue weighted by molar-refractivity contribution is 0.100. The van der Waals surface area contributed by atoms with Gasteiger partial charge in [0.2, 0.25) is 0 Å². The molecule has 0 spiro atoms. The third-order valence-electron chi connectivity index (χ3n) is 4.13. The second-order valence-electron chi connectivity index (χ2n) is 6.65. The Morgan fingerprint density at radius 2 is 1.15 bits per heavy atom. The Balaban J connectivity index is 0.000000247. The van der Waals surface area contributed by atoms with Gasteiger partial charge in [0, 0.05) is 17.2 Å². The average molecular weight is 462 g/mol. The van der Waals surface area contributed by atoms with E-state index in [1.165, 1.54) is 19.9 Å². The Bertz CT molecular complexity index is 1130. The molecule has 33 heavy (non-hydrogen) atoms. The van der Waals surface area contributed by atoms with Crippen molar-refractivity contribution in [2.75, 3.05) is 7.11 Å². The van der Waals surface area contributed by atoms with E-state index in [0.717, 1.165) is 30.0 Å². The Hall–Kier alpha value is -3.81. The summed E-state index contributed by atoms with van der Waals surface area (Å²) in [5.74, 6) is -3.23. The molecule has 8 heteroatoms. The lowest BCUT2D eigenvalue weighted by Gasteiger charge is -1.98. The molecule has 0 aliphatic rings. The fourth-order valence-electron chi connectivity index (χ4n) is 2.32. The molecule has 0 bridgehead atoms. The molecule has 0 aliphatic carbocycles. The second-order valence-corrected chi connectivity index (χ2v) is 6.65. The molecule has 3 rings (SSSR count). The average Bonchev–Trinajstić information content (AvgIpc) is 2.76. The monoisotopic (exact) mass is 462 g/mol. The predicted molar refractivity (Wildman–Crippen MR) is 116 cm³/mol. The van der Waals surface area contributed by atoms with Gasteiger partial charge in [-0.2, -0.15) is 0 Å². The first kappa shape index (κ1) is 27.2. The number of ether oxygens (including phenoxy) is 1. The summed E-state index contributed by atoms with van der Waals surface area (Å²) in [6, 6.07) is 13.0. The third-order valence-corrected chi connectivity index (χ3v) is 4.13. The molecule has 174 valence electrons. The van der Waals surface area contributed by atoms with Gasteiger partial charge in [0.15, 0.2) is 29.0 Å². The van der Waals surface area contributed by atoms with Gasteiger partial charge in [-0.05, 0) is 75.4 Å². The van der Waals surface area contributed by atoms with Gasteiger partial charge in [0.05, 0.1) is 12.7 Å². The fraction of sp³-hybridized carbons (Fsp3) is 0.160. The highest BCUT2D eigenvalue weighted by Crippen LogP contribution is 2.11. The molecule has 0 fully saturated rings. The molecule has 3 aromatic rings. The number of ketones is 3. The molecule has 0 saturated heterocycles. The molecule has 0 unspecified atom stereocenters. The zero-order valence-electron chi connectivity index (χ0n) is 18.4. The van der Waals surface area contributed by atoms with Crippen molar-refractivity contribution in [1.82, 2.24) is 0 Å². The standard InChI is InChI=1S/C9H10O2.2C8H6F2O/c1-7(10)8-3-5-9(11-2)6-4-8;1-5(11)7-3-2-6(9)4-8(7)10;1-5(11)6-2-3-7(9)8(10)4-6/h3-6H,1-2H3;2*2-4H,1H3. The van der Waals surface area contributed by atoms with Gasteiger partial charge in [-0.3, -0.25) is 14.4 Å². The summed E-state index contributed by atoms with van der Waals surface area (Å²) in [6.45, 7) is 4.07. The number of methoxy groups -OCH3 is 1. The van der Waals surface area contributed by atoms with Crippen molar-refractivity contribution in [3.63, 3.8) is 0 Å². The predicted octanol–water partition coefficient (Wildman–Crippen LogP) is 6.23. The van der Waals surface area contributed by atoms with Crippen molar-refractivity contribution >= 4 is 17.3 Å². The number of benzene rings is 3. The van der Waals surface area contributed by atoms with E-state index in [9.17, 15) is 31.9 Å². The number of hydrogen-bond acceptors (Lipinski definition) is 4. The highest BCUT2D eigenvalue weighted by atomic mass is 19.2. The zero-order valence-corrected chi connectivity index (χ0v) is 18.4. The van der Waals surface area contributed by atoms with Crippen LogP contribution in [0.2, 0.25) is 0 Å². The minimum absolute atomic E-state index is 0.0765. The van der Waals surface area contributed by atoms with Gasteiger partial charge in [-0.15, -0.1) is 0 Å². The van der Waals surface area contributed by atoms with E-state index in [2.05, 4.69) is 0 Å². The molecule has 0 amide bonds. The van der Waals surface area contributed by atoms with E-state index in [4.69, 9.17) is 4.74 Å². The van der Waals surface area contributed by atoms with Crippen LogP contribution in [-0.4, -0.2) is 24.5 Å². The third kappa shape index (κ3) is 9.06. The normalized spacial score (nSPS) is 9.58. The van der Waals surface area contributed by atoms with Crippen molar-refractivity contribution in [2.24, 2.45) is 0 Å². The van der Waals surface area contributed by atoms with Crippen LogP contribution in [-0.2, 0) is 0 Å². The summed E-state index contributed by atoms with van der Waals surface area (Å²) in [5, 5.41) is 0. The van der Waals surface area contributed by atoms with Crippen molar-refractivity contribution < 1.29 is 36.7 Å². The van der Waals surface area contributed by atoms with Gasteiger partial charge < -0.3 is 4.74 Å². The Morgan fingerprint density at radius 1 is 0.606 bits per heavy atom.